The number of thiazole rings is 1. The molecule has 0 atom stereocenters. The summed E-state index contributed by atoms with van der Waals surface area (Å²) in [4.78, 5) is 22.0. The van der Waals surface area contributed by atoms with Crippen molar-refractivity contribution in [2.24, 2.45) is 0 Å². The number of ether oxygens (including phenoxy) is 2. The molecular formula is C22H27N3O3S. The second-order valence-corrected chi connectivity index (χ2v) is 8.27. The maximum atomic E-state index is 13.5. The third-order valence-electron chi connectivity index (χ3n) is 4.84. The standard InChI is InChI=1S/C22H27N3O3S/c1-14-9-19-20(10-15(14)2)29-22(23-19)25(8-7-24(3)4)21(26)16-11-17(27-5)13-18(12-16)28-6/h9-13H,7-8H2,1-6H3. The van der Waals surface area contributed by atoms with Gasteiger partial charge >= 0.3 is 0 Å². The highest BCUT2D eigenvalue weighted by molar-refractivity contribution is 7.22. The van der Waals surface area contributed by atoms with E-state index >= 15 is 0 Å². The van der Waals surface area contributed by atoms with E-state index in [1.807, 2.05) is 19.0 Å². The summed E-state index contributed by atoms with van der Waals surface area (Å²) in [7, 11) is 7.13. The van der Waals surface area contributed by atoms with E-state index < -0.39 is 0 Å². The van der Waals surface area contributed by atoms with Gasteiger partial charge in [-0.1, -0.05) is 11.3 Å². The third-order valence-corrected chi connectivity index (χ3v) is 5.88. The molecule has 0 saturated carbocycles. The fourth-order valence-corrected chi connectivity index (χ4v) is 4.02. The normalized spacial score (nSPS) is 11.1. The Morgan fingerprint density at radius 1 is 0.966 bits per heavy atom. The molecule has 1 heterocycles. The lowest BCUT2D eigenvalue weighted by molar-refractivity contribution is 0.0984. The fraction of sp³-hybridized carbons (Fsp3) is 0.364. The van der Waals surface area contributed by atoms with Gasteiger partial charge in [0, 0.05) is 24.7 Å². The van der Waals surface area contributed by atoms with Crippen molar-refractivity contribution in [1.29, 1.82) is 0 Å². The van der Waals surface area contributed by atoms with Gasteiger partial charge in [0.2, 0.25) is 0 Å². The Balaban J connectivity index is 2.04. The Morgan fingerprint density at radius 3 is 2.17 bits per heavy atom. The molecule has 0 spiro atoms. The van der Waals surface area contributed by atoms with Gasteiger partial charge in [-0.25, -0.2) is 4.98 Å². The molecule has 2 aromatic carbocycles. The predicted molar refractivity (Wildman–Crippen MR) is 119 cm³/mol. The molecule has 1 amide bonds. The Labute approximate surface area is 175 Å². The van der Waals surface area contributed by atoms with Gasteiger partial charge < -0.3 is 14.4 Å². The van der Waals surface area contributed by atoms with E-state index in [9.17, 15) is 4.79 Å². The molecule has 6 nitrogen and oxygen atoms in total. The van der Waals surface area contributed by atoms with Crippen molar-refractivity contribution in [1.82, 2.24) is 9.88 Å². The number of methoxy groups -OCH3 is 2. The fourth-order valence-electron chi connectivity index (χ4n) is 2.95. The molecule has 0 N–H and O–H groups in total. The van der Waals surface area contributed by atoms with Crippen LogP contribution in [-0.2, 0) is 0 Å². The Kier molecular flexibility index (Phi) is 6.39. The van der Waals surface area contributed by atoms with Crippen molar-refractivity contribution in [3.8, 4) is 11.5 Å². The van der Waals surface area contributed by atoms with Crippen LogP contribution in [0.4, 0.5) is 5.13 Å². The van der Waals surface area contributed by atoms with Crippen LogP contribution in [0.5, 0.6) is 11.5 Å². The Hall–Kier alpha value is -2.64. The molecule has 7 heteroatoms. The molecule has 0 saturated heterocycles. The average Bonchev–Trinajstić information content (AvgIpc) is 3.09. The number of hydrogen-bond donors (Lipinski definition) is 0. The van der Waals surface area contributed by atoms with Crippen molar-refractivity contribution >= 4 is 32.6 Å². The van der Waals surface area contributed by atoms with Crippen LogP contribution in [-0.4, -0.2) is 57.2 Å². The first-order valence-electron chi connectivity index (χ1n) is 9.40. The second kappa shape index (κ2) is 8.80. The molecular weight excluding hydrogens is 386 g/mol. The number of carbonyl (C=O) groups is 1. The number of likely N-dealkylation sites (N-methyl/N-ethyl adjacent to an activating group) is 1. The highest BCUT2D eigenvalue weighted by Gasteiger charge is 2.23. The topological polar surface area (TPSA) is 54.9 Å². The van der Waals surface area contributed by atoms with Gasteiger partial charge in [-0.05, 0) is 63.3 Å². The molecule has 0 unspecified atom stereocenters. The maximum absolute atomic E-state index is 13.5. The monoisotopic (exact) mass is 413 g/mol. The summed E-state index contributed by atoms with van der Waals surface area (Å²) in [5.41, 5.74) is 3.83. The highest BCUT2D eigenvalue weighted by atomic mass is 32.1. The van der Waals surface area contributed by atoms with Crippen molar-refractivity contribution in [3.05, 3.63) is 47.0 Å². The summed E-state index contributed by atoms with van der Waals surface area (Å²) in [5, 5.41) is 0.693. The van der Waals surface area contributed by atoms with Crippen molar-refractivity contribution in [2.45, 2.75) is 13.8 Å². The Morgan fingerprint density at radius 2 is 1.59 bits per heavy atom. The van der Waals surface area contributed by atoms with E-state index in [2.05, 4.69) is 26.0 Å². The minimum atomic E-state index is -0.128. The summed E-state index contributed by atoms with van der Waals surface area (Å²) in [6, 6.07) is 9.43. The van der Waals surface area contributed by atoms with Gasteiger partial charge in [-0.2, -0.15) is 0 Å². The zero-order chi connectivity index (χ0) is 21.1. The summed E-state index contributed by atoms with van der Waals surface area (Å²) in [5.74, 6) is 1.03. The summed E-state index contributed by atoms with van der Waals surface area (Å²) in [6.45, 7) is 5.42. The molecule has 0 radical (unpaired) electrons. The van der Waals surface area contributed by atoms with Gasteiger partial charge in [0.25, 0.3) is 5.91 Å². The summed E-state index contributed by atoms with van der Waals surface area (Å²) < 4.78 is 11.7. The molecule has 3 aromatic rings. The predicted octanol–water partition coefficient (Wildman–Crippen LogP) is 4.14. The minimum absolute atomic E-state index is 0.128. The lowest BCUT2D eigenvalue weighted by Gasteiger charge is -2.22. The number of hydrogen-bond acceptors (Lipinski definition) is 6. The average molecular weight is 414 g/mol. The molecule has 0 aliphatic heterocycles. The van der Waals surface area contributed by atoms with Crippen LogP contribution in [0.2, 0.25) is 0 Å². The third kappa shape index (κ3) is 4.68. The van der Waals surface area contributed by atoms with Crippen LogP contribution >= 0.6 is 11.3 Å². The number of aryl methyl sites for hydroxylation is 2. The largest absolute Gasteiger partial charge is 0.497 e. The van der Waals surface area contributed by atoms with Crippen LogP contribution < -0.4 is 14.4 Å². The summed E-state index contributed by atoms with van der Waals surface area (Å²) in [6.07, 6.45) is 0. The number of rotatable bonds is 7. The molecule has 3 rings (SSSR count). The van der Waals surface area contributed by atoms with Gasteiger partial charge in [-0.15, -0.1) is 0 Å². The quantitative estimate of drug-likeness (QED) is 0.583. The lowest BCUT2D eigenvalue weighted by atomic mass is 10.1. The first-order valence-corrected chi connectivity index (χ1v) is 10.2. The molecule has 0 bridgehead atoms. The number of aromatic nitrogens is 1. The maximum Gasteiger partial charge on any atom is 0.260 e. The summed E-state index contributed by atoms with van der Waals surface area (Å²) >= 11 is 1.54. The van der Waals surface area contributed by atoms with Crippen LogP contribution in [0.3, 0.4) is 0 Å². The Bertz CT molecular complexity index is 968. The number of benzene rings is 2. The molecule has 0 aliphatic carbocycles. The lowest BCUT2D eigenvalue weighted by Crippen LogP contribution is -2.36. The first kappa shape index (κ1) is 21.1. The van der Waals surface area contributed by atoms with Crippen LogP contribution in [0.25, 0.3) is 10.2 Å². The minimum Gasteiger partial charge on any atom is -0.497 e. The zero-order valence-electron chi connectivity index (χ0n) is 17.8. The van der Waals surface area contributed by atoms with E-state index in [1.165, 1.54) is 22.5 Å². The molecule has 154 valence electrons. The van der Waals surface area contributed by atoms with Crippen molar-refractivity contribution in [2.75, 3.05) is 46.3 Å². The van der Waals surface area contributed by atoms with E-state index in [-0.39, 0.29) is 5.91 Å². The number of nitrogens with zero attached hydrogens (tertiary/aromatic N) is 3. The van der Waals surface area contributed by atoms with Gasteiger partial charge in [0.05, 0.1) is 24.4 Å². The molecule has 1 aromatic heterocycles. The van der Waals surface area contributed by atoms with Crippen LogP contribution in [0, 0.1) is 13.8 Å². The van der Waals surface area contributed by atoms with E-state index in [0.717, 1.165) is 16.8 Å². The molecule has 0 aliphatic rings. The van der Waals surface area contributed by atoms with E-state index in [0.29, 0.717) is 28.7 Å². The number of fused-ring (bicyclic) bond motifs is 1. The highest BCUT2D eigenvalue weighted by Crippen LogP contribution is 2.32. The second-order valence-electron chi connectivity index (χ2n) is 7.26. The SMILES string of the molecule is COc1cc(OC)cc(C(=O)N(CCN(C)C)c2nc3cc(C)c(C)cc3s2)c1. The van der Waals surface area contributed by atoms with Gasteiger partial charge in [0.15, 0.2) is 5.13 Å². The van der Waals surface area contributed by atoms with Crippen molar-refractivity contribution in [3.63, 3.8) is 0 Å². The first-order chi connectivity index (χ1) is 13.8. The van der Waals surface area contributed by atoms with E-state index in [4.69, 9.17) is 14.5 Å². The number of anilines is 1. The molecule has 0 fully saturated rings. The van der Waals surface area contributed by atoms with E-state index in [1.54, 1.807) is 37.3 Å². The molecule has 29 heavy (non-hydrogen) atoms. The van der Waals surface area contributed by atoms with Gasteiger partial charge in [0.1, 0.15) is 11.5 Å². The van der Waals surface area contributed by atoms with Crippen LogP contribution in [0.15, 0.2) is 30.3 Å². The number of carbonyl (C=O) groups excluding carboxylic acids is 1. The van der Waals surface area contributed by atoms with Crippen LogP contribution in [0.1, 0.15) is 21.5 Å². The van der Waals surface area contributed by atoms with Crippen molar-refractivity contribution < 1.29 is 14.3 Å². The zero-order valence-corrected chi connectivity index (χ0v) is 18.6. The van der Waals surface area contributed by atoms with Gasteiger partial charge in [-0.3, -0.25) is 9.69 Å². The smallest absolute Gasteiger partial charge is 0.260 e. The number of amides is 1.